The molecule has 1 saturated heterocycles. The largest absolute Gasteiger partial charge is 0.463 e. The Bertz CT molecular complexity index is 733. The van der Waals surface area contributed by atoms with Crippen LogP contribution in [0.15, 0.2) is 55.6 Å². The normalized spacial score (nSPS) is 25.0. The fraction of sp³-hybridized carbons (Fsp3) is 0.520. The average Bonchev–Trinajstić information content (AvgIpc) is 2.81. The minimum Gasteiger partial charge on any atom is -0.463 e. The van der Waals surface area contributed by atoms with E-state index in [1.165, 1.54) is 0 Å². The Morgan fingerprint density at radius 3 is 2.12 bits per heavy atom. The van der Waals surface area contributed by atoms with E-state index in [-0.39, 0.29) is 31.5 Å². The lowest BCUT2D eigenvalue weighted by atomic mass is 9.91. The van der Waals surface area contributed by atoms with Crippen molar-refractivity contribution in [1.29, 1.82) is 0 Å². The lowest BCUT2D eigenvalue weighted by Crippen LogP contribution is -2.61. The van der Waals surface area contributed by atoms with Crippen LogP contribution in [-0.4, -0.2) is 63.3 Å². The second kappa shape index (κ2) is 13.8. The number of hydrogen-bond donors (Lipinski definition) is 0. The van der Waals surface area contributed by atoms with Crippen molar-refractivity contribution in [3.63, 3.8) is 0 Å². The number of carbonyl (C=O) groups is 2. The quantitative estimate of drug-likeness (QED) is 0.339. The van der Waals surface area contributed by atoms with Crippen LogP contribution in [-0.2, 0) is 39.7 Å². The van der Waals surface area contributed by atoms with Crippen molar-refractivity contribution >= 4 is 11.9 Å². The minimum atomic E-state index is -0.790. The summed E-state index contributed by atoms with van der Waals surface area (Å²) >= 11 is 0. The Hall–Kier alpha value is -2.48. The highest BCUT2D eigenvalue weighted by atomic mass is 16.6. The Morgan fingerprint density at radius 2 is 1.53 bits per heavy atom. The summed E-state index contributed by atoms with van der Waals surface area (Å²) in [5.41, 5.74) is 1.07. The van der Waals surface area contributed by atoms with Crippen molar-refractivity contribution in [3.8, 4) is 0 Å². The highest BCUT2D eigenvalue weighted by Crippen LogP contribution is 2.30. The summed E-state index contributed by atoms with van der Waals surface area (Å²) in [6, 6.07) is 9.86. The van der Waals surface area contributed by atoms with Crippen LogP contribution >= 0.6 is 0 Å². The monoisotopic (exact) mass is 446 g/mol. The molecule has 1 aromatic rings. The SMILES string of the molecule is C=CCCC(=O)OC[C@H]1O[C@@H](Cc2ccccc2)[C@H](OC)[C@@H](OC)[C@@H]1OC(=O)CCC=C. The second-order valence-corrected chi connectivity index (χ2v) is 7.60. The molecular weight excluding hydrogens is 412 g/mol. The number of methoxy groups -OCH3 is 2. The van der Waals surface area contributed by atoms with Crippen molar-refractivity contribution < 1.29 is 33.3 Å². The number of ether oxygens (including phenoxy) is 5. The Balaban J connectivity index is 2.22. The molecule has 0 aliphatic carbocycles. The van der Waals surface area contributed by atoms with Crippen molar-refractivity contribution in [1.82, 2.24) is 0 Å². The summed E-state index contributed by atoms with van der Waals surface area (Å²) < 4.78 is 28.9. The van der Waals surface area contributed by atoms with Gasteiger partial charge < -0.3 is 23.7 Å². The summed E-state index contributed by atoms with van der Waals surface area (Å²) in [6.07, 6.45) is 2.36. The van der Waals surface area contributed by atoms with E-state index in [4.69, 9.17) is 23.7 Å². The zero-order chi connectivity index (χ0) is 23.3. The average molecular weight is 447 g/mol. The molecule has 7 nitrogen and oxygen atoms in total. The molecule has 5 atom stereocenters. The maximum absolute atomic E-state index is 12.4. The van der Waals surface area contributed by atoms with Crippen LogP contribution in [0.4, 0.5) is 0 Å². The molecule has 0 saturated carbocycles. The molecule has 0 bridgehead atoms. The molecule has 0 amide bonds. The molecule has 0 radical (unpaired) electrons. The smallest absolute Gasteiger partial charge is 0.306 e. The molecule has 0 N–H and O–H groups in total. The summed E-state index contributed by atoms with van der Waals surface area (Å²) in [4.78, 5) is 24.4. The highest BCUT2D eigenvalue weighted by molar-refractivity contribution is 5.70. The van der Waals surface area contributed by atoms with Crippen LogP contribution in [0.3, 0.4) is 0 Å². The predicted octanol–water partition coefficient (Wildman–Crippen LogP) is 3.41. The molecule has 1 aliphatic rings. The lowest BCUT2D eigenvalue weighted by molar-refractivity contribution is -0.251. The topological polar surface area (TPSA) is 80.3 Å². The number of allylic oxidation sites excluding steroid dienone is 2. The predicted molar refractivity (Wildman–Crippen MR) is 120 cm³/mol. The van der Waals surface area contributed by atoms with Gasteiger partial charge in [-0.1, -0.05) is 42.5 Å². The maximum Gasteiger partial charge on any atom is 0.306 e. The fourth-order valence-corrected chi connectivity index (χ4v) is 3.73. The standard InChI is InChI=1S/C25H34O7/c1-5-7-14-21(26)30-17-20-24(32-22(27)15-8-6-2)25(29-4)23(28-3)19(31-20)16-18-12-10-9-11-13-18/h5-6,9-13,19-20,23-25H,1-2,7-8,14-17H2,3-4H3/t19-,20+,23-,24+,25+/m0/s1. The van der Waals surface area contributed by atoms with Gasteiger partial charge in [0.1, 0.15) is 24.9 Å². The van der Waals surface area contributed by atoms with Gasteiger partial charge in [-0.15, -0.1) is 13.2 Å². The van der Waals surface area contributed by atoms with Crippen LogP contribution in [0.5, 0.6) is 0 Å². The van der Waals surface area contributed by atoms with Crippen molar-refractivity contribution in [2.75, 3.05) is 20.8 Å². The van der Waals surface area contributed by atoms with Crippen LogP contribution < -0.4 is 0 Å². The second-order valence-electron chi connectivity index (χ2n) is 7.60. The first-order valence-corrected chi connectivity index (χ1v) is 10.9. The van der Waals surface area contributed by atoms with Gasteiger partial charge in [-0.05, 0) is 18.4 Å². The molecule has 1 aliphatic heterocycles. The first-order valence-electron chi connectivity index (χ1n) is 10.9. The Labute approximate surface area is 190 Å². The molecule has 2 rings (SSSR count). The zero-order valence-corrected chi connectivity index (χ0v) is 18.9. The summed E-state index contributed by atoms with van der Waals surface area (Å²) in [5, 5.41) is 0. The number of hydrogen-bond acceptors (Lipinski definition) is 7. The number of esters is 2. The molecule has 32 heavy (non-hydrogen) atoms. The van der Waals surface area contributed by atoms with Crippen LogP contribution in [0.1, 0.15) is 31.2 Å². The van der Waals surface area contributed by atoms with Crippen molar-refractivity contribution in [2.45, 2.75) is 62.6 Å². The molecule has 1 aromatic carbocycles. The highest BCUT2D eigenvalue weighted by Gasteiger charge is 2.49. The molecule has 1 heterocycles. The van der Waals surface area contributed by atoms with E-state index in [0.29, 0.717) is 19.3 Å². The van der Waals surface area contributed by atoms with E-state index in [1.54, 1.807) is 26.4 Å². The Morgan fingerprint density at radius 1 is 0.906 bits per heavy atom. The molecule has 176 valence electrons. The van der Waals surface area contributed by atoms with Gasteiger partial charge in [-0.25, -0.2) is 0 Å². The third kappa shape index (κ3) is 7.58. The molecular formula is C25H34O7. The van der Waals surface area contributed by atoms with Gasteiger partial charge in [-0.3, -0.25) is 9.59 Å². The maximum atomic E-state index is 12.4. The van der Waals surface area contributed by atoms with Gasteiger partial charge in [0.05, 0.1) is 6.10 Å². The van der Waals surface area contributed by atoms with E-state index in [9.17, 15) is 9.59 Å². The number of benzene rings is 1. The van der Waals surface area contributed by atoms with Gasteiger partial charge in [-0.2, -0.15) is 0 Å². The van der Waals surface area contributed by atoms with Gasteiger partial charge in [0, 0.05) is 33.5 Å². The van der Waals surface area contributed by atoms with E-state index < -0.39 is 30.4 Å². The van der Waals surface area contributed by atoms with E-state index in [2.05, 4.69) is 13.2 Å². The van der Waals surface area contributed by atoms with Crippen molar-refractivity contribution in [2.24, 2.45) is 0 Å². The van der Waals surface area contributed by atoms with Gasteiger partial charge in [0.2, 0.25) is 0 Å². The summed E-state index contributed by atoms with van der Waals surface area (Å²) in [7, 11) is 3.11. The number of rotatable bonds is 13. The molecule has 0 aromatic heterocycles. The molecule has 1 fully saturated rings. The zero-order valence-electron chi connectivity index (χ0n) is 18.9. The third-order valence-corrected chi connectivity index (χ3v) is 5.34. The number of carbonyl (C=O) groups excluding carboxylic acids is 2. The summed E-state index contributed by atoms with van der Waals surface area (Å²) in [5.74, 6) is -0.771. The molecule has 0 spiro atoms. The van der Waals surface area contributed by atoms with Crippen LogP contribution in [0.2, 0.25) is 0 Å². The first-order chi connectivity index (χ1) is 15.5. The third-order valence-electron chi connectivity index (χ3n) is 5.34. The van der Waals surface area contributed by atoms with Crippen LogP contribution in [0, 0.1) is 0 Å². The lowest BCUT2D eigenvalue weighted by Gasteiger charge is -2.45. The first kappa shape index (κ1) is 25.8. The van der Waals surface area contributed by atoms with Crippen molar-refractivity contribution in [3.05, 3.63) is 61.2 Å². The minimum absolute atomic E-state index is 0.0586. The van der Waals surface area contributed by atoms with E-state index in [1.807, 2.05) is 30.3 Å². The van der Waals surface area contributed by atoms with Gasteiger partial charge >= 0.3 is 11.9 Å². The van der Waals surface area contributed by atoms with Crippen LogP contribution in [0.25, 0.3) is 0 Å². The molecule has 7 heteroatoms. The van der Waals surface area contributed by atoms with Gasteiger partial charge in [0.15, 0.2) is 6.10 Å². The van der Waals surface area contributed by atoms with E-state index in [0.717, 1.165) is 5.56 Å². The Kier molecular flexibility index (Phi) is 11.1. The van der Waals surface area contributed by atoms with Gasteiger partial charge in [0.25, 0.3) is 0 Å². The fourth-order valence-electron chi connectivity index (χ4n) is 3.73. The molecule has 0 unspecified atom stereocenters. The van der Waals surface area contributed by atoms with E-state index >= 15 is 0 Å². The summed E-state index contributed by atoms with van der Waals surface area (Å²) in [6.45, 7) is 7.19.